The van der Waals surface area contributed by atoms with Crippen molar-refractivity contribution in [1.29, 1.82) is 0 Å². The van der Waals surface area contributed by atoms with Crippen LogP contribution in [0.25, 0.3) is 0 Å². The summed E-state index contributed by atoms with van der Waals surface area (Å²) in [5.41, 5.74) is -0.110. The maximum Gasteiger partial charge on any atom is 0.282 e. The van der Waals surface area contributed by atoms with Crippen molar-refractivity contribution in [2.75, 3.05) is 6.54 Å². The molecular weight excluding hydrogens is 266 g/mol. The third-order valence-electron chi connectivity index (χ3n) is 2.45. The van der Waals surface area contributed by atoms with Crippen LogP contribution in [0.1, 0.15) is 15.4 Å². The minimum absolute atomic E-state index is 0.0756. The number of hydrogen-bond acceptors (Lipinski definition) is 5. The van der Waals surface area contributed by atoms with Gasteiger partial charge in [-0.05, 0) is 6.07 Å². The van der Waals surface area contributed by atoms with Gasteiger partial charge in [0, 0.05) is 30.6 Å². The van der Waals surface area contributed by atoms with Crippen LogP contribution in [-0.2, 0) is 6.42 Å². The molecule has 0 atom stereocenters. The van der Waals surface area contributed by atoms with Crippen molar-refractivity contribution in [2.24, 2.45) is 0 Å². The second-order valence-electron chi connectivity index (χ2n) is 3.71. The molecule has 0 saturated heterocycles. The molecule has 1 heterocycles. The fourth-order valence-corrected chi connectivity index (χ4v) is 2.20. The lowest BCUT2D eigenvalue weighted by Gasteiger charge is -2.04. The Morgan fingerprint density at radius 3 is 2.89 bits per heavy atom. The molecule has 6 nitrogen and oxygen atoms in total. The summed E-state index contributed by atoms with van der Waals surface area (Å²) in [6.07, 6.45) is 2.31. The van der Waals surface area contributed by atoms with Crippen LogP contribution in [-0.4, -0.2) is 22.4 Å². The lowest BCUT2D eigenvalue weighted by atomic mass is 10.1. The van der Waals surface area contributed by atoms with E-state index in [-0.39, 0.29) is 11.3 Å². The number of nitrogens with one attached hydrogen (secondary N) is 1. The number of amides is 1. The summed E-state index contributed by atoms with van der Waals surface area (Å²) in [4.78, 5) is 26.2. The molecule has 1 amide bonds. The van der Waals surface area contributed by atoms with E-state index < -0.39 is 10.8 Å². The van der Waals surface area contributed by atoms with Gasteiger partial charge in [-0.2, -0.15) is 0 Å². The van der Waals surface area contributed by atoms with Crippen molar-refractivity contribution in [3.63, 3.8) is 0 Å². The maximum atomic E-state index is 11.9. The lowest BCUT2D eigenvalue weighted by Crippen LogP contribution is -2.26. The number of benzene rings is 1. The van der Waals surface area contributed by atoms with E-state index in [1.54, 1.807) is 12.3 Å². The maximum absolute atomic E-state index is 11.9. The highest BCUT2D eigenvalue weighted by Crippen LogP contribution is 2.17. The molecule has 0 saturated carbocycles. The first-order chi connectivity index (χ1) is 9.18. The smallest absolute Gasteiger partial charge is 0.282 e. The molecule has 0 aliphatic carbocycles. The SMILES string of the molecule is O=C(NCCc1nccs1)c1ccccc1[N+](=O)[O-]. The van der Waals surface area contributed by atoms with Gasteiger partial charge in [-0.3, -0.25) is 14.9 Å². The van der Waals surface area contributed by atoms with Crippen LogP contribution in [0.4, 0.5) is 5.69 Å². The average molecular weight is 277 g/mol. The quantitative estimate of drug-likeness (QED) is 0.669. The Kier molecular flexibility index (Phi) is 4.19. The molecule has 0 radical (unpaired) electrons. The van der Waals surface area contributed by atoms with Crippen molar-refractivity contribution in [3.05, 3.63) is 56.5 Å². The highest BCUT2D eigenvalue weighted by atomic mass is 32.1. The highest BCUT2D eigenvalue weighted by molar-refractivity contribution is 7.09. The minimum atomic E-state index is -0.560. The number of thiazole rings is 1. The minimum Gasteiger partial charge on any atom is -0.351 e. The average Bonchev–Trinajstić information content (AvgIpc) is 2.91. The van der Waals surface area contributed by atoms with E-state index in [1.807, 2.05) is 5.38 Å². The van der Waals surface area contributed by atoms with E-state index in [9.17, 15) is 14.9 Å². The van der Waals surface area contributed by atoms with Crippen molar-refractivity contribution in [1.82, 2.24) is 10.3 Å². The first-order valence-electron chi connectivity index (χ1n) is 5.58. The second-order valence-corrected chi connectivity index (χ2v) is 4.69. The summed E-state index contributed by atoms with van der Waals surface area (Å²) in [6.45, 7) is 0.401. The van der Waals surface area contributed by atoms with E-state index in [4.69, 9.17) is 0 Å². The van der Waals surface area contributed by atoms with Gasteiger partial charge in [-0.25, -0.2) is 4.98 Å². The van der Waals surface area contributed by atoms with Crippen LogP contribution in [0, 0.1) is 10.1 Å². The standard InChI is InChI=1S/C12H11N3O3S/c16-12(14-6-5-11-13-7-8-19-11)9-3-1-2-4-10(9)15(17)18/h1-4,7-8H,5-6H2,(H,14,16). The van der Waals surface area contributed by atoms with E-state index in [0.29, 0.717) is 13.0 Å². The van der Waals surface area contributed by atoms with E-state index in [1.165, 1.54) is 29.5 Å². The fraction of sp³-hybridized carbons (Fsp3) is 0.167. The third kappa shape index (κ3) is 3.35. The van der Waals surface area contributed by atoms with Crippen LogP contribution in [0.2, 0.25) is 0 Å². The van der Waals surface area contributed by atoms with Gasteiger partial charge in [0.2, 0.25) is 0 Å². The Morgan fingerprint density at radius 1 is 1.42 bits per heavy atom. The molecule has 0 bridgehead atoms. The van der Waals surface area contributed by atoms with Gasteiger partial charge in [-0.15, -0.1) is 11.3 Å². The molecule has 98 valence electrons. The first-order valence-corrected chi connectivity index (χ1v) is 6.46. The van der Waals surface area contributed by atoms with E-state index >= 15 is 0 Å². The van der Waals surface area contributed by atoms with Crippen LogP contribution in [0.5, 0.6) is 0 Å². The van der Waals surface area contributed by atoms with Crippen LogP contribution in [0.3, 0.4) is 0 Å². The van der Waals surface area contributed by atoms with Gasteiger partial charge in [0.1, 0.15) is 5.56 Å². The topological polar surface area (TPSA) is 85.1 Å². The predicted octanol–water partition coefficient (Wildman–Crippen LogP) is 2.02. The van der Waals surface area contributed by atoms with Gasteiger partial charge in [0.05, 0.1) is 9.93 Å². The summed E-state index contributed by atoms with van der Waals surface area (Å²) in [5.74, 6) is -0.441. The Balaban J connectivity index is 1.98. The van der Waals surface area contributed by atoms with Gasteiger partial charge in [-0.1, -0.05) is 12.1 Å². The number of nitro groups is 1. The number of hydrogen-bond donors (Lipinski definition) is 1. The third-order valence-corrected chi connectivity index (χ3v) is 3.29. The zero-order chi connectivity index (χ0) is 13.7. The van der Waals surface area contributed by atoms with E-state index in [2.05, 4.69) is 10.3 Å². The number of nitro benzene ring substituents is 1. The first kappa shape index (κ1) is 13.2. The Labute approximate surface area is 113 Å². The van der Waals surface area contributed by atoms with Crippen molar-refractivity contribution in [2.45, 2.75) is 6.42 Å². The normalized spacial score (nSPS) is 10.1. The van der Waals surface area contributed by atoms with Crippen molar-refractivity contribution >= 4 is 22.9 Å². The van der Waals surface area contributed by atoms with Gasteiger partial charge < -0.3 is 5.32 Å². The number of carbonyl (C=O) groups is 1. The summed E-state index contributed by atoms with van der Waals surface area (Å²) < 4.78 is 0. The number of carbonyl (C=O) groups excluding carboxylic acids is 1. The van der Waals surface area contributed by atoms with Crippen LogP contribution < -0.4 is 5.32 Å². The number of rotatable bonds is 5. The zero-order valence-electron chi connectivity index (χ0n) is 9.91. The molecule has 7 heteroatoms. The van der Waals surface area contributed by atoms with Gasteiger partial charge in [0.15, 0.2) is 0 Å². The van der Waals surface area contributed by atoms with Crippen molar-refractivity contribution in [3.8, 4) is 0 Å². The largest absolute Gasteiger partial charge is 0.351 e. The molecule has 0 spiro atoms. The number of para-hydroxylation sites is 1. The molecule has 0 aliphatic heterocycles. The molecule has 1 N–H and O–H groups in total. The van der Waals surface area contributed by atoms with Gasteiger partial charge in [0.25, 0.3) is 11.6 Å². The summed E-state index contributed by atoms with van der Waals surface area (Å²) in [6, 6.07) is 5.89. The van der Waals surface area contributed by atoms with Crippen LogP contribution in [0.15, 0.2) is 35.8 Å². The Bertz CT molecular complexity index is 584. The molecule has 0 unspecified atom stereocenters. The molecule has 0 aliphatic rings. The molecule has 19 heavy (non-hydrogen) atoms. The second kappa shape index (κ2) is 6.05. The molecule has 1 aromatic heterocycles. The molecular formula is C12H11N3O3S. The zero-order valence-corrected chi connectivity index (χ0v) is 10.7. The summed E-state index contributed by atoms with van der Waals surface area (Å²) in [5, 5.41) is 16.2. The molecule has 2 aromatic rings. The Hall–Kier alpha value is -2.28. The molecule has 0 fully saturated rings. The monoisotopic (exact) mass is 277 g/mol. The molecule has 1 aromatic carbocycles. The predicted molar refractivity (Wildman–Crippen MR) is 71.2 cm³/mol. The lowest BCUT2D eigenvalue weighted by molar-refractivity contribution is -0.385. The van der Waals surface area contributed by atoms with Gasteiger partial charge >= 0.3 is 0 Å². The highest BCUT2D eigenvalue weighted by Gasteiger charge is 2.18. The van der Waals surface area contributed by atoms with Crippen molar-refractivity contribution < 1.29 is 9.72 Å². The Morgan fingerprint density at radius 2 is 2.21 bits per heavy atom. The summed E-state index contributed by atoms with van der Waals surface area (Å²) >= 11 is 1.51. The summed E-state index contributed by atoms with van der Waals surface area (Å²) in [7, 11) is 0. The fourth-order valence-electron chi connectivity index (χ4n) is 1.58. The number of nitrogens with zero attached hydrogens (tertiary/aromatic N) is 2. The van der Waals surface area contributed by atoms with Crippen LogP contribution >= 0.6 is 11.3 Å². The van der Waals surface area contributed by atoms with E-state index in [0.717, 1.165) is 5.01 Å². The number of aromatic nitrogens is 1. The molecule has 2 rings (SSSR count).